The number of thiophene rings is 1. The van der Waals surface area contributed by atoms with E-state index in [9.17, 15) is 4.79 Å². The van der Waals surface area contributed by atoms with E-state index in [2.05, 4.69) is 25.5 Å². The zero-order valence-corrected chi connectivity index (χ0v) is 11.4. The molecule has 0 unspecified atom stereocenters. The molecule has 7 nitrogen and oxygen atoms in total. The van der Waals surface area contributed by atoms with Gasteiger partial charge in [-0.2, -0.15) is 5.10 Å². The Labute approximate surface area is 118 Å². The van der Waals surface area contributed by atoms with Crippen LogP contribution >= 0.6 is 11.3 Å². The number of H-pyrrole nitrogens is 1. The Morgan fingerprint density at radius 2 is 2.40 bits per heavy atom. The largest absolute Gasteiger partial charge is 0.462 e. The van der Waals surface area contributed by atoms with Crippen molar-refractivity contribution in [3.8, 4) is 0 Å². The molecule has 3 aromatic heterocycles. The molecule has 0 bridgehead atoms. The molecule has 3 rings (SSSR count). The van der Waals surface area contributed by atoms with Gasteiger partial charge in [-0.1, -0.05) is 0 Å². The number of nitrogens with one attached hydrogen (secondary N) is 2. The summed E-state index contributed by atoms with van der Waals surface area (Å²) in [7, 11) is 0. The van der Waals surface area contributed by atoms with Crippen LogP contribution in [0.2, 0.25) is 0 Å². The van der Waals surface area contributed by atoms with Crippen LogP contribution in [0, 0.1) is 0 Å². The summed E-state index contributed by atoms with van der Waals surface area (Å²) in [5.41, 5.74) is 0.467. The summed E-state index contributed by atoms with van der Waals surface area (Å²) in [6.45, 7) is 2.10. The molecule has 0 saturated heterocycles. The monoisotopic (exact) mass is 289 g/mol. The number of anilines is 2. The number of nitrogens with zero attached hydrogens (tertiary/aromatic N) is 3. The quantitative estimate of drug-likeness (QED) is 0.716. The normalized spacial score (nSPS) is 10.7. The number of aromatic amines is 1. The molecule has 0 atom stereocenters. The highest BCUT2D eigenvalue weighted by molar-refractivity contribution is 7.17. The van der Waals surface area contributed by atoms with Crippen LogP contribution in [-0.2, 0) is 4.74 Å². The minimum Gasteiger partial charge on any atom is -0.462 e. The van der Waals surface area contributed by atoms with E-state index in [0.717, 1.165) is 4.83 Å². The smallest absolute Gasteiger partial charge is 0.339 e. The second-order valence-electron chi connectivity index (χ2n) is 3.87. The lowest BCUT2D eigenvalue weighted by Gasteiger charge is -2.05. The topological polar surface area (TPSA) is 92.8 Å². The number of fused-ring (bicyclic) bond motifs is 1. The first-order valence-electron chi connectivity index (χ1n) is 5.95. The van der Waals surface area contributed by atoms with Crippen LogP contribution < -0.4 is 5.32 Å². The number of hydrogen-bond donors (Lipinski definition) is 2. The molecule has 0 fully saturated rings. The van der Waals surface area contributed by atoms with Crippen LogP contribution in [0.25, 0.3) is 10.2 Å². The van der Waals surface area contributed by atoms with Crippen LogP contribution in [0.15, 0.2) is 24.0 Å². The van der Waals surface area contributed by atoms with Crippen molar-refractivity contribution in [1.82, 2.24) is 20.2 Å². The van der Waals surface area contributed by atoms with Gasteiger partial charge in [0.05, 0.1) is 23.8 Å². The lowest BCUT2D eigenvalue weighted by Crippen LogP contribution is -2.05. The fourth-order valence-electron chi connectivity index (χ4n) is 1.78. The van der Waals surface area contributed by atoms with E-state index >= 15 is 0 Å². The molecule has 3 heterocycles. The third-order valence-corrected chi connectivity index (χ3v) is 3.51. The molecule has 102 valence electrons. The predicted octanol–water partition coefficient (Wildman–Crippen LogP) is 2.33. The fraction of sp³-hybridized carbons (Fsp3) is 0.167. The van der Waals surface area contributed by atoms with Gasteiger partial charge in [0.15, 0.2) is 0 Å². The minimum absolute atomic E-state index is 0.327. The maximum atomic E-state index is 12.0. The van der Waals surface area contributed by atoms with Crippen molar-refractivity contribution in [2.24, 2.45) is 0 Å². The Hall–Kier alpha value is -2.48. The van der Waals surface area contributed by atoms with Gasteiger partial charge >= 0.3 is 5.97 Å². The second kappa shape index (κ2) is 5.25. The molecular weight excluding hydrogens is 278 g/mol. The Morgan fingerprint density at radius 1 is 1.50 bits per heavy atom. The molecule has 0 aliphatic carbocycles. The van der Waals surface area contributed by atoms with Crippen molar-refractivity contribution in [2.45, 2.75) is 6.92 Å². The molecule has 0 amide bonds. The van der Waals surface area contributed by atoms with Crippen molar-refractivity contribution in [3.05, 3.63) is 29.5 Å². The Bertz CT molecular complexity index is 737. The van der Waals surface area contributed by atoms with Gasteiger partial charge in [0, 0.05) is 11.4 Å². The van der Waals surface area contributed by atoms with Crippen LogP contribution in [0.1, 0.15) is 17.3 Å². The summed E-state index contributed by atoms with van der Waals surface area (Å²) in [6.07, 6.45) is 3.08. The first-order chi connectivity index (χ1) is 9.79. The van der Waals surface area contributed by atoms with Gasteiger partial charge in [0.1, 0.15) is 22.8 Å². The number of carbonyl (C=O) groups excluding carboxylic acids is 1. The summed E-state index contributed by atoms with van der Waals surface area (Å²) in [5, 5.41) is 12.1. The van der Waals surface area contributed by atoms with E-state index in [1.807, 2.05) is 0 Å². The van der Waals surface area contributed by atoms with E-state index in [-0.39, 0.29) is 5.97 Å². The SMILES string of the molecule is CCOC(=O)c1csc2ncnc(Nc3ccn[nH]3)c12. The maximum absolute atomic E-state index is 12.0. The molecule has 0 aromatic carbocycles. The Balaban J connectivity index is 2.07. The standard InChI is InChI=1S/C12H11N5O2S/c1-2-19-12(18)7-5-20-11-9(7)10(13-6-14-11)16-8-3-4-15-17-8/h3-6H,2H2,1H3,(H2,13,14,15,16,17). The van der Waals surface area contributed by atoms with Crippen molar-refractivity contribution in [3.63, 3.8) is 0 Å². The molecule has 0 radical (unpaired) electrons. The molecule has 2 N–H and O–H groups in total. The summed E-state index contributed by atoms with van der Waals surface area (Å²) >= 11 is 1.38. The summed E-state index contributed by atoms with van der Waals surface area (Å²) in [4.78, 5) is 21.0. The van der Waals surface area contributed by atoms with E-state index in [1.165, 1.54) is 17.7 Å². The molecule has 0 spiro atoms. The van der Waals surface area contributed by atoms with Crippen molar-refractivity contribution in [1.29, 1.82) is 0 Å². The third kappa shape index (κ3) is 2.21. The summed E-state index contributed by atoms with van der Waals surface area (Å²) in [5.74, 6) is 0.857. The average molecular weight is 289 g/mol. The number of rotatable bonds is 4. The number of ether oxygens (including phenoxy) is 1. The Morgan fingerprint density at radius 3 is 3.15 bits per heavy atom. The van der Waals surface area contributed by atoms with Crippen LogP contribution in [-0.4, -0.2) is 32.7 Å². The van der Waals surface area contributed by atoms with Gasteiger partial charge in [-0.3, -0.25) is 5.10 Å². The van der Waals surface area contributed by atoms with Gasteiger partial charge in [0.25, 0.3) is 0 Å². The van der Waals surface area contributed by atoms with E-state index in [4.69, 9.17) is 4.74 Å². The van der Waals surface area contributed by atoms with Crippen molar-refractivity contribution < 1.29 is 9.53 Å². The van der Waals surface area contributed by atoms with Gasteiger partial charge < -0.3 is 10.1 Å². The fourth-order valence-corrected chi connectivity index (χ4v) is 2.66. The summed E-state index contributed by atoms with van der Waals surface area (Å²) in [6, 6.07) is 1.77. The lowest BCUT2D eigenvalue weighted by molar-refractivity contribution is 0.0529. The van der Waals surface area contributed by atoms with E-state index in [1.54, 1.807) is 24.6 Å². The van der Waals surface area contributed by atoms with Crippen LogP contribution in [0.3, 0.4) is 0 Å². The number of aromatic nitrogens is 4. The highest BCUT2D eigenvalue weighted by Gasteiger charge is 2.18. The highest BCUT2D eigenvalue weighted by Crippen LogP contribution is 2.30. The van der Waals surface area contributed by atoms with Crippen molar-refractivity contribution >= 4 is 39.2 Å². The van der Waals surface area contributed by atoms with Gasteiger partial charge in [-0.15, -0.1) is 11.3 Å². The van der Waals surface area contributed by atoms with Gasteiger partial charge in [0.2, 0.25) is 0 Å². The van der Waals surface area contributed by atoms with Crippen LogP contribution in [0.5, 0.6) is 0 Å². The molecule has 0 aliphatic rings. The zero-order valence-electron chi connectivity index (χ0n) is 10.6. The molecule has 3 aromatic rings. The van der Waals surface area contributed by atoms with Crippen LogP contribution in [0.4, 0.5) is 11.6 Å². The average Bonchev–Trinajstić information content (AvgIpc) is 3.08. The predicted molar refractivity (Wildman–Crippen MR) is 75.2 cm³/mol. The molecule has 20 heavy (non-hydrogen) atoms. The molecule has 0 aliphatic heterocycles. The molecule has 0 saturated carbocycles. The highest BCUT2D eigenvalue weighted by atomic mass is 32.1. The number of hydrogen-bond acceptors (Lipinski definition) is 7. The third-order valence-electron chi connectivity index (χ3n) is 2.62. The number of carbonyl (C=O) groups is 1. The van der Waals surface area contributed by atoms with E-state index in [0.29, 0.717) is 29.2 Å². The Kier molecular flexibility index (Phi) is 3.30. The lowest BCUT2D eigenvalue weighted by atomic mass is 10.2. The van der Waals surface area contributed by atoms with Crippen molar-refractivity contribution in [2.75, 3.05) is 11.9 Å². The maximum Gasteiger partial charge on any atom is 0.339 e. The second-order valence-corrected chi connectivity index (χ2v) is 4.73. The van der Waals surface area contributed by atoms with Gasteiger partial charge in [-0.05, 0) is 6.92 Å². The minimum atomic E-state index is -0.374. The van der Waals surface area contributed by atoms with E-state index < -0.39 is 0 Å². The molecular formula is C12H11N5O2S. The number of esters is 1. The molecule has 8 heteroatoms. The van der Waals surface area contributed by atoms with Gasteiger partial charge in [-0.25, -0.2) is 14.8 Å². The zero-order chi connectivity index (χ0) is 13.9. The first-order valence-corrected chi connectivity index (χ1v) is 6.83. The first kappa shape index (κ1) is 12.5. The summed E-state index contributed by atoms with van der Waals surface area (Å²) < 4.78 is 5.05.